The number of rotatable bonds is 2. The SMILES string of the molecule is CNC1C2CCC1[C@@H](c1ccc(Cl)nc1)C2. The first-order valence-corrected chi connectivity index (χ1v) is 6.46. The van der Waals surface area contributed by atoms with Crippen molar-refractivity contribution in [2.24, 2.45) is 11.8 Å². The minimum absolute atomic E-state index is 0.595. The molecule has 0 aliphatic heterocycles. The van der Waals surface area contributed by atoms with Crippen LogP contribution in [-0.4, -0.2) is 18.1 Å². The monoisotopic (exact) mass is 236 g/mol. The lowest BCUT2D eigenvalue weighted by molar-refractivity contribution is 0.410. The highest BCUT2D eigenvalue weighted by Gasteiger charge is 2.47. The zero-order valence-corrected chi connectivity index (χ0v) is 10.2. The van der Waals surface area contributed by atoms with E-state index in [4.69, 9.17) is 11.6 Å². The summed E-state index contributed by atoms with van der Waals surface area (Å²) in [5.41, 5.74) is 1.37. The first-order chi connectivity index (χ1) is 7.79. The second kappa shape index (κ2) is 4.01. The third-order valence-electron chi connectivity index (χ3n) is 4.43. The summed E-state index contributed by atoms with van der Waals surface area (Å²) in [6.45, 7) is 0. The maximum Gasteiger partial charge on any atom is 0.129 e. The molecule has 3 heteroatoms. The molecule has 3 unspecified atom stereocenters. The van der Waals surface area contributed by atoms with Crippen LogP contribution in [0.1, 0.15) is 30.7 Å². The fourth-order valence-corrected chi connectivity index (χ4v) is 3.88. The van der Waals surface area contributed by atoms with Gasteiger partial charge in [-0.15, -0.1) is 0 Å². The number of nitrogens with one attached hydrogen (secondary N) is 1. The lowest BCUT2D eigenvalue weighted by Crippen LogP contribution is -2.30. The Hall–Kier alpha value is -0.600. The van der Waals surface area contributed by atoms with Crippen molar-refractivity contribution >= 4 is 11.6 Å². The summed E-state index contributed by atoms with van der Waals surface area (Å²) < 4.78 is 0. The van der Waals surface area contributed by atoms with E-state index in [-0.39, 0.29) is 0 Å². The number of aromatic nitrogens is 1. The molecule has 1 aromatic heterocycles. The minimum Gasteiger partial charge on any atom is -0.316 e. The molecule has 16 heavy (non-hydrogen) atoms. The molecule has 1 N–H and O–H groups in total. The van der Waals surface area contributed by atoms with Gasteiger partial charge < -0.3 is 5.32 Å². The predicted molar refractivity (Wildman–Crippen MR) is 65.7 cm³/mol. The van der Waals surface area contributed by atoms with Crippen LogP contribution in [0.2, 0.25) is 5.15 Å². The number of hydrogen-bond donors (Lipinski definition) is 1. The summed E-state index contributed by atoms with van der Waals surface area (Å²) in [5, 5.41) is 4.09. The highest BCUT2D eigenvalue weighted by atomic mass is 35.5. The van der Waals surface area contributed by atoms with Crippen molar-refractivity contribution in [3.05, 3.63) is 29.0 Å². The third-order valence-corrected chi connectivity index (χ3v) is 4.65. The van der Waals surface area contributed by atoms with Gasteiger partial charge in [-0.2, -0.15) is 0 Å². The Balaban J connectivity index is 1.85. The molecule has 1 heterocycles. The van der Waals surface area contributed by atoms with Crippen LogP contribution in [-0.2, 0) is 0 Å². The first-order valence-electron chi connectivity index (χ1n) is 6.08. The van der Waals surface area contributed by atoms with Crippen molar-refractivity contribution in [2.75, 3.05) is 7.05 Å². The quantitative estimate of drug-likeness (QED) is 0.799. The fraction of sp³-hybridized carbons (Fsp3) is 0.615. The standard InChI is InChI=1S/C13H17ClN2/c1-15-13-8-2-4-10(13)11(6-8)9-3-5-12(14)16-7-9/h3,5,7-8,10-11,13,15H,2,4,6H2,1H3/t8?,10?,11-,13?/m1/s1. The van der Waals surface area contributed by atoms with Gasteiger partial charge in [0.15, 0.2) is 0 Å². The van der Waals surface area contributed by atoms with E-state index >= 15 is 0 Å². The molecule has 3 rings (SSSR count). The Labute approximate surface area is 101 Å². The molecule has 0 spiro atoms. The molecular weight excluding hydrogens is 220 g/mol. The number of pyridine rings is 1. The average Bonchev–Trinajstić information content (AvgIpc) is 2.86. The zero-order chi connectivity index (χ0) is 11.1. The van der Waals surface area contributed by atoms with Crippen LogP contribution in [0, 0.1) is 11.8 Å². The van der Waals surface area contributed by atoms with Crippen LogP contribution in [0.4, 0.5) is 0 Å². The second-order valence-electron chi connectivity index (χ2n) is 5.07. The van der Waals surface area contributed by atoms with Gasteiger partial charge in [0, 0.05) is 12.2 Å². The maximum absolute atomic E-state index is 5.83. The van der Waals surface area contributed by atoms with Gasteiger partial charge in [-0.25, -0.2) is 4.98 Å². The molecule has 2 aliphatic carbocycles. The van der Waals surface area contributed by atoms with E-state index in [2.05, 4.69) is 23.4 Å². The maximum atomic E-state index is 5.83. The lowest BCUT2D eigenvalue weighted by Gasteiger charge is -2.22. The molecule has 86 valence electrons. The highest BCUT2D eigenvalue weighted by molar-refractivity contribution is 6.29. The van der Waals surface area contributed by atoms with Gasteiger partial charge in [0.1, 0.15) is 5.15 Å². The van der Waals surface area contributed by atoms with Gasteiger partial charge in [-0.05, 0) is 55.7 Å². The first kappa shape index (κ1) is 10.5. The lowest BCUT2D eigenvalue weighted by atomic mass is 9.84. The van der Waals surface area contributed by atoms with Crippen molar-refractivity contribution in [3.63, 3.8) is 0 Å². The van der Waals surface area contributed by atoms with Crippen LogP contribution in [0.25, 0.3) is 0 Å². The van der Waals surface area contributed by atoms with Crippen molar-refractivity contribution < 1.29 is 0 Å². The van der Waals surface area contributed by atoms with Gasteiger partial charge in [0.25, 0.3) is 0 Å². The van der Waals surface area contributed by atoms with Crippen LogP contribution in [0.15, 0.2) is 18.3 Å². The van der Waals surface area contributed by atoms with E-state index < -0.39 is 0 Å². The minimum atomic E-state index is 0.595. The van der Waals surface area contributed by atoms with Crippen LogP contribution in [0.5, 0.6) is 0 Å². The van der Waals surface area contributed by atoms with E-state index in [1.54, 1.807) is 0 Å². The summed E-state index contributed by atoms with van der Waals surface area (Å²) in [6.07, 6.45) is 6.04. The summed E-state index contributed by atoms with van der Waals surface area (Å²) in [7, 11) is 2.10. The fourth-order valence-electron chi connectivity index (χ4n) is 3.77. The average molecular weight is 237 g/mol. The van der Waals surface area contributed by atoms with E-state index in [1.165, 1.54) is 24.8 Å². The molecular formula is C13H17ClN2. The number of hydrogen-bond acceptors (Lipinski definition) is 2. The smallest absolute Gasteiger partial charge is 0.129 e. The van der Waals surface area contributed by atoms with Crippen molar-refractivity contribution in [1.82, 2.24) is 10.3 Å². The molecule has 0 aromatic carbocycles. The van der Waals surface area contributed by atoms with Gasteiger partial charge in [0.2, 0.25) is 0 Å². The normalized spacial score (nSPS) is 36.9. The van der Waals surface area contributed by atoms with Crippen LogP contribution in [0.3, 0.4) is 0 Å². The predicted octanol–water partition coefficient (Wildman–Crippen LogP) is 2.84. The van der Waals surface area contributed by atoms with Gasteiger partial charge in [-0.1, -0.05) is 17.7 Å². The second-order valence-corrected chi connectivity index (χ2v) is 5.46. The molecule has 2 fully saturated rings. The van der Waals surface area contributed by atoms with Gasteiger partial charge >= 0.3 is 0 Å². The van der Waals surface area contributed by atoms with E-state index in [1.807, 2.05) is 12.3 Å². The van der Waals surface area contributed by atoms with Gasteiger partial charge in [0.05, 0.1) is 0 Å². The molecule has 0 saturated heterocycles. The number of nitrogens with zero attached hydrogens (tertiary/aromatic N) is 1. The third kappa shape index (κ3) is 1.56. The van der Waals surface area contributed by atoms with E-state index in [9.17, 15) is 0 Å². The molecule has 2 bridgehead atoms. The highest BCUT2D eigenvalue weighted by Crippen LogP contribution is 2.52. The Morgan fingerprint density at radius 1 is 1.38 bits per heavy atom. The summed E-state index contributed by atoms with van der Waals surface area (Å²) >= 11 is 5.83. The molecule has 1 aromatic rings. The van der Waals surface area contributed by atoms with Crippen molar-refractivity contribution in [2.45, 2.75) is 31.2 Å². The molecule has 0 radical (unpaired) electrons. The number of fused-ring (bicyclic) bond motifs is 2. The number of halogens is 1. The molecule has 4 atom stereocenters. The van der Waals surface area contributed by atoms with Gasteiger partial charge in [-0.3, -0.25) is 0 Å². The van der Waals surface area contributed by atoms with Crippen molar-refractivity contribution in [3.8, 4) is 0 Å². The summed E-state index contributed by atoms with van der Waals surface area (Å²) in [6, 6.07) is 4.78. The zero-order valence-electron chi connectivity index (χ0n) is 9.49. The summed E-state index contributed by atoms with van der Waals surface area (Å²) in [4.78, 5) is 4.20. The largest absolute Gasteiger partial charge is 0.316 e. The molecule has 2 saturated carbocycles. The van der Waals surface area contributed by atoms with E-state index in [0.29, 0.717) is 11.1 Å². The van der Waals surface area contributed by atoms with Crippen LogP contribution >= 0.6 is 11.6 Å². The summed E-state index contributed by atoms with van der Waals surface area (Å²) in [5.74, 6) is 2.37. The molecule has 2 aliphatic rings. The van der Waals surface area contributed by atoms with Crippen molar-refractivity contribution in [1.29, 1.82) is 0 Å². The Morgan fingerprint density at radius 2 is 2.25 bits per heavy atom. The Kier molecular flexibility index (Phi) is 2.64. The molecule has 0 amide bonds. The topological polar surface area (TPSA) is 24.9 Å². The Bertz CT molecular complexity index is 376. The Morgan fingerprint density at radius 3 is 2.88 bits per heavy atom. The molecule has 2 nitrogen and oxygen atoms in total. The van der Waals surface area contributed by atoms with E-state index in [0.717, 1.165) is 17.9 Å². The van der Waals surface area contributed by atoms with Crippen LogP contribution < -0.4 is 5.32 Å².